The molecule has 1 amide bonds. The van der Waals surface area contributed by atoms with Gasteiger partial charge in [0.1, 0.15) is 0 Å². The molecular weight excluding hydrogens is 344 g/mol. The molecule has 1 saturated heterocycles. The van der Waals surface area contributed by atoms with Crippen molar-refractivity contribution < 1.29 is 13.2 Å². The van der Waals surface area contributed by atoms with E-state index in [-0.39, 0.29) is 10.8 Å². The quantitative estimate of drug-likeness (QED) is 0.820. The number of thiophene rings is 1. The number of benzene rings is 1. The molecule has 1 aliphatic rings. The third kappa shape index (κ3) is 3.53. The van der Waals surface area contributed by atoms with Gasteiger partial charge in [0.15, 0.2) is 0 Å². The van der Waals surface area contributed by atoms with Crippen LogP contribution in [0.5, 0.6) is 0 Å². The highest BCUT2D eigenvalue weighted by Gasteiger charge is 2.27. The van der Waals surface area contributed by atoms with E-state index in [4.69, 9.17) is 0 Å². The number of nitrogens with zero attached hydrogens (tertiary/aromatic N) is 2. The second kappa shape index (κ2) is 7.04. The van der Waals surface area contributed by atoms with Crippen LogP contribution in [0, 0.1) is 0 Å². The molecule has 0 unspecified atom stereocenters. The molecular formula is C17H20N2O3S2. The van der Waals surface area contributed by atoms with Gasteiger partial charge in [0.2, 0.25) is 10.0 Å². The summed E-state index contributed by atoms with van der Waals surface area (Å²) < 4.78 is 26.5. The standard InChI is InChI=1S/C17H20N2O3S2/c1-18(12-14-8-11-23-13-14)17(20)15-4-6-16(7-5-15)24(21,22)19-9-2-3-10-19/h4-8,11,13H,2-3,9-10,12H2,1H3. The smallest absolute Gasteiger partial charge is 0.253 e. The van der Waals surface area contributed by atoms with E-state index in [1.807, 2.05) is 16.8 Å². The lowest BCUT2D eigenvalue weighted by molar-refractivity contribution is 0.0785. The van der Waals surface area contributed by atoms with Gasteiger partial charge in [-0.25, -0.2) is 8.42 Å². The van der Waals surface area contributed by atoms with E-state index < -0.39 is 10.0 Å². The third-order valence-corrected chi connectivity index (χ3v) is 6.80. The molecule has 128 valence electrons. The Kier molecular flexibility index (Phi) is 5.03. The molecule has 1 fully saturated rings. The van der Waals surface area contributed by atoms with Crippen molar-refractivity contribution in [3.8, 4) is 0 Å². The van der Waals surface area contributed by atoms with Crippen LogP contribution in [0.2, 0.25) is 0 Å². The zero-order chi connectivity index (χ0) is 17.2. The summed E-state index contributed by atoms with van der Waals surface area (Å²) in [6, 6.07) is 8.23. The minimum atomic E-state index is -3.43. The maximum absolute atomic E-state index is 12.5. The predicted molar refractivity (Wildman–Crippen MR) is 94.6 cm³/mol. The van der Waals surface area contributed by atoms with E-state index in [0.29, 0.717) is 25.2 Å². The first-order chi connectivity index (χ1) is 11.5. The first-order valence-corrected chi connectivity index (χ1v) is 10.2. The molecule has 1 aromatic carbocycles. The van der Waals surface area contributed by atoms with Gasteiger partial charge in [-0.05, 0) is 59.5 Å². The van der Waals surface area contributed by atoms with Crippen LogP contribution in [-0.4, -0.2) is 43.7 Å². The van der Waals surface area contributed by atoms with Gasteiger partial charge < -0.3 is 4.90 Å². The predicted octanol–water partition coefficient (Wildman–Crippen LogP) is 2.80. The Bertz CT molecular complexity index is 793. The average molecular weight is 364 g/mol. The second-order valence-corrected chi connectivity index (χ2v) is 8.65. The molecule has 2 heterocycles. The van der Waals surface area contributed by atoms with E-state index in [9.17, 15) is 13.2 Å². The Morgan fingerprint density at radius 1 is 1.17 bits per heavy atom. The zero-order valence-corrected chi connectivity index (χ0v) is 15.1. The van der Waals surface area contributed by atoms with E-state index in [0.717, 1.165) is 18.4 Å². The van der Waals surface area contributed by atoms with Crippen molar-refractivity contribution in [3.05, 3.63) is 52.2 Å². The van der Waals surface area contributed by atoms with Crippen LogP contribution in [0.4, 0.5) is 0 Å². The number of amides is 1. The lowest BCUT2D eigenvalue weighted by Crippen LogP contribution is -2.28. The third-order valence-electron chi connectivity index (χ3n) is 4.15. The number of hydrogen-bond acceptors (Lipinski definition) is 4. The maximum atomic E-state index is 12.5. The summed E-state index contributed by atoms with van der Waals surface area (Å²) in [7, 11) is -1.69. The highest BCUT2D eigenvalue weighted by atomic mass is 32.2. The van der Waals surface area contributed by atoms with E-state index in [1.54, 1.807) is 35.4 Å². The molecule has 0 atom stereocenters. The van der Waals surface area contributed by atoms with Crippen LogP contribution < -0.4 is 0 Å². The van der Waals surface area contributed by atoms with Crippen LogP contribution >= 0.6 is 11.3 Å². The SMILES string of the molecule is CN(Cc1ccsc1)C(=O)c1ccc(S(=O)(=O)N2CCCC2)cc1. The van der Waals surface area contributed by atoms with Crippen molar-refractivity contribution in [2.24, 2.45) is 0 Å². The first kappa shape index (κ1) is 17.1. The Hall–Kier alpha value is -1.70. The Morgan fingerprint density at radius 3 is 2.42 bits per heavy atom. The highest BCUT2D eigenvalue weighted by Crippen LogP contribution is 2.21. The van der Waals surface area contributed by atoms with Crippen LogP contribution in [0.1, 0.15) is 28.8 Å². The molecule has 2 aromatic rings. The normalized spacial score (nSPS) is 15.5. The van der Waals surface area contributed by atoms with Gasteiger partial charge in [-0.2, -0.15) is 15.6 Å². The number of carbonyl (C=O) groups is 1. The fourth-order valence-electron chi connectivity index (χ4n) is 2.80. The fourth-order valence-corrected chi connectivity index (χ4v) is 4.97. The summed E-state index contributed by atoms with van der Waals surface area (Å²) in [4.78, 5) is 14.3. The summed E-state index contributed by atoms with van der Waals surface area (Å²) >= 11 is 1.60. The molecule has 0 spiro atoms. The summed E-state index contributed by atoms with van der Waals surface area (Å²) in [6.45, 7) is 1.69. The van der Waals surface area contributed by atoms with Crippen LogP contribution in [0.25, 0.3) is 0 Å². The lowest BCUT2D eigenvalue weighted by Gasteiger charge is -2.18. The molecule has 24 heavy (non-hydrogen) atoms. The molecule has 0 bridgehead atoms. The summed E-state index contributed by atoms with van der Waals surface area (Å²) in [5, 5.41) is 3.99. The topological polar surface area (TPSA) is 57.7 Å². The zero-order valence-electron chi connectivity index (χ0n) is 13.5. The lowest BCUT2D eigenvalue weighted by atomic mass is 10.2. The van der Waals surface area contributed by atoms with Gasteiger partial charge in [0.05, 0.1) is 4.90 Å². The van der Waals surface area contributed by atoms with Crippen molar-refractivity contribution in [2.75, 3.05) is 20.1 Å². The summed E-state index contributed by atoms with van der Waals surface area (Å²) in [5.74, 6) is -0.119. The minimum absolute atomic E-state index is 0.119. The minimum Gasteiger partial charge on any atom is -0.337 e. The first-order valence-electron chi connectivity index (χ1n) is 7.85. The van der Waals surface area contributed by atoms with Gasteiger partial charge in [-0.3, -0.25) is 4.79 Å². The fraction of sp³-hybridized carbons (Fsp3) is 0.353. The summed E-state index contributed by atoms with van der Waals surface area (Å²) in [5.41, 5.74) is 1.58. The number of hydrogen-bond donors (Lipinski definition) is 0. The van der Waals surface area contributed by atoms with Gasteiger partial charge in [0.25, 0.3) is 5.91 Å². The Labute approximate surface area is 146 Å². The molecule has 1 aromatic heterocycles. The highest BCUT2D eigenvalue weighted by molar-refractivity contribution is 7.89. The van der Waals surface area contributed by atoms with E-state index in [1.165, 1.54) is 16.4 Å². The van der Waals surface area contributed by atoms with Crippen LogP contribution in [0.3, 0.4) is 0 Å². The number of carbonyl (C=O) groups excluding carboxylic acids is 1. The molecule has 5 nitrogen and oxygen atoms in total. The van der Waals surface area contributed by atoms with Gasteiger partial charge in [-0.1, -0.05) is 0 Å². The molecule has 0 N–H and O–H groups in total. The number of rotatable bonds is 5. The van der Waals surface area contributed by atoms with Crippen LogP contribution in [-0.2, 0) is 16.6 Å². The van der Waals surface area contributed by atoms with E-state index in [2.05, 4.69) is 0 Å². The summed E-state index contributed by atoms with van der Waals surface area (Å²) in [6.07, 6.45) is 1.81. The van der Waals surface area contributed by atoms with Crippen molar-refractivity contribution >= 4 is 27.3 Å². The Morgan fingerprint density at radius 2 is 1.83 bits per heavy atom. The molecule has 0 saturated carbocycles. The van der Waals surface area contributed by atoms with Gasteiger partial charge in [0, 0.05) is 32.2 Å². The average Bonchev–Trinajstić information content (AvgIpc) is 3.28. The monoisotopic (exact) mass is 364 g/mol. The van der Waals surface area contributed by atoms with Crippen molar-refractivity contribution in [1.82, 2.24) is 9.21 Å². The molecule has 1 aliphatic heterocycles. The Balaban J connectivity index is 1.73. The molecule has 3 rings (SSSR count). The molecule has 0 radical (unpaired) electrons. The molecule has 7 heteroatoms. The van der Waals surface area contributed by atoms with Crippen molar-refractivity contribution in [2.45, 2.75) is 24.3 Å². The number of sulfonamides is 1. The molecule has 0 aliphatic carbocycles. The largest absolute Gasteiger partial charge is 0.337 e. The van der Waals surface area contributed by atoms with Gasteiger partial charge >= 0.3 is 0 Å². The van der Waals surface area contributed by atoms with Gasteiger partial charge in [-0.15, -0.1) is 0 Å². The van der Waals surface area contributed by atoms with Crippen molar-refractivity contribution in [1.29, 1.82) is 0 Å². The second-order valence-electron chi connectivity index (χ2n) is 5.93. The maximum Gasteiger partial charge on any atom is 0.253 e. The van der Waals surface area contributed by atoms with E-state index >= 15 is 0 Å². The van der Waals surface area contributed by atoms with Crippen molar-refractivity contribution in [3.63, 3.8) is 0 Å². The van der Waals surface area contributed by atoms with Crippen LogP contribution in [0.15, 0.2) is 46.0 Å².